The number of aliphatic carboxylic acids is 1. The van der Waals surface area contributed by atoms with E-state index in [1.165, 1.54) is 18.2 Å². The van der Waals surface area contributed by atoms with E-state index >= 15 is 0 Å². The number of halogens is 2. The molecule has 0 heterocycles. The summed E-state index contributed by atoms with van der Waals surface area (Å²) in [6.45, 7) is 1.70. The summed E-state index contributed by atoms with van der Waals surface area (Å²) in [6.07, 6.45) is 0.186. The zero-order valence-electron chi connectivity index (χ0n) is 11.4. The highest BCUT2D eigenvalue weighted by atomic mass is 35.5. The van der Waals surface area contributed by atoms with Gasteiger partial charge in [-0.25, -0.2) is 9.18 Å². The van der Waals surface area contributed by atoms with Crippen LogP contribution in [0, 0.1) is 5.82 Å². The molecule has 2 rings (SSSR count). The van der Waals surface area contributed by atoms with Crippen molar-refractivity contribution in [3.63, 3.8) is 0 Å². The van der Waals surface area contributed by atoms with Crippen molar-refractivity contribution in [2.24, 2.45) is 0 Å². The molecule has 0 radical (unpaired) electrons. The molecule has 0 aliphatic carbocycles. The van der Waals surface area contributed by atoms with Gasteiger partial charge in [-0.05, 0) is 36.8 Å². The Morgan fingerprint density at radius 2 is 1.86 bits per heavy atom. The van der Waals surface area contributed by atoms with Crippen LogP contribution in [-0.2, 0) is 10.3 Å². The van der Waals surface area contributed by atoms with Crippen molar-refractivity contribution in [3.05, 3.63) is 64.9 Å². The zero-order valence-corrected chi connectivity index (χ0v) is 12.2. The van der Waals surface area contributed by atoms with Crippen molar-refractivity contribution in [3.8, 4) is 0 Å². The maximum Gasteiger partial charge on any atom is 0.334 e. The quantitative estimate of drug-likeness (QED) is 0.866. The molecule has 1 unspecified atom stereocenters. The molecule has 1 atom stereocenters. The Labute approximate surface area is 127 Å². The monoisotopic (exact) mass is 307 g/mol. The van der Waals surface area contributed by atoms with Gasteiger partial charge in [-0.2, -0.15) is 0 Å². The third-order valence-electron chi connectivity index (χ3n) is 3.43. The molecule has 2 aromatic carbocycles. The van der Waals surface area contributed by atoms with E-state index in [1.54, 1.807) is 37.3 Å². The lowest BCUT2D eigenvalue weighted by Crippen LogP contribution is -2.43. The van der Waals surface area contributed by atoms with Gasteiger partial charge in [0, 0.05) is 16.3 Å². The number of carboxylic acids is 1. The minimum absolute atomic E-state index is 0.106. The number of anilines is 1. The van der Waals surface area contributed by atoms with Crippen molar-refractivity contribution in [2.45, 2.75) is 18.9 Å². The molecule has 0 bridgehead atoms. The Morgan fingerprint density at radius 3 is 2.38 bits per heavy atom. The van der Waals surface area contributed by atoms with Gasteiger partial charge in [-0.15, -0.1) is 0 Å². The van der Waals surface area contributed by atoms with Crippen LogP contribution in [0.15, 0.2) is 48.5 Å². The molecule has 3 nitrogen and oxygen atoms in total. The molecule has 0 saturated heterocycles. The van der Waals surface area contributed by atoms with Crippen LogP contribution in [-0.4, -0.2) is 11.1 Å². The summed E-state index contributed by atoms with van der Waals surface area (Å²) in [6, 6.07) is 12.5. The summed E-state index contributed by atoms with van der Waals surface area (Å²) in [4.78, 5) is 11.8. The summed E-state index contributed by atoms with van der Waals surface area (Å²) < 4.78 is 14.1. The Morgan fingerprint density at radius 1 is 1.24 bits per heavy atom. The van der Waals surface area contributed by atoms with Gasteiger partial charge in [0.15, 0.2) is 5.54 Å². The van der Waals surface area contributed by atoms with Crippen molar-refractivity contribution < 1.29 is 14.3 Å². The molecule has 2 aromatic rings. The van der Waals surface area contributed by atoms with Gasteiger partial charge in [0.05, 0.1) is 0 Å². The SMILES string of the molecule is CCC(Nc1ccc(Cl)cc1)(C(=O)O)c1ccccc1F. The molecule has 0 fully saturated rings. The first-order chi connectivity index (χ1) is 9.99. The fraction of sp³-hybridized carbons (Fsp3) is 0.188. The normalized spacial score (nSPS) is 13.5. The molecule has 21 heavy (non-hydrogen) atoms. The number of carboxylic acid groups (broad SMARTS) is 1. The molecular formula is C16H15ClFNO2. The fourth-order valence-corrected chi connectivity index (χ4v) is 2.38. The Balaban J connectivity index is 2.50. The Kier molecular flexibility index (Phi) is 4.48. The summed E-state index contributed by atoms with van der Waals surface area (Å²) >= 11 is 5.82. The number of hydrogen-bond donors (Lipinski definition) is 2. The van der Waals surface area contributed by atoms with Crippen LogP contribution in [0.1, 0.15) is 18.9 Å². The fourth-order valence-electron chi connectivity index (χ4n) is 2.25. The van der Waals surface area contributed by atoms with E-state index in [0.29, 0.717) is 10.7 Å². The first-order valence-electron chi connectivity index (χ1n) is 6.52. The smallest absolute Gasteiger partial charge is 0.334 e. The number of hydrogen-bond acceptors (Lipinski definition) is 2. The van der Waals surface area contributed by atoms with Gasteiger partial charge >= 0.3 is 5.97 Å². The van der Waals surface area contributed by atoms with Crippen molar-refractivity contribution in [1.29, 1.82) is 0 Å². The summed E-state index contributed by atoms with van der Waals surface area (Å²) in [5, 5.41) is 13.1. The standard InChI is InChI=1S/C16H15ClFNO2/c1-2-16(15(20)21,13-5-3-4-6-14(13)18)19-12-9-7-11(17)8-10-12/h3-10,19H,2H2,1H3,(H,20,21). The first kappa shape index (κ1) is 15.3. The second kappa shape index (κ2) is 6.14. The number of benzene rings is 2. The molecule has 5 heteroatoms. The minimum atomic E-state index is -1.53. The average molecular weight is 308 g/mol. The highest BCUT2D eigenvalue weighted by molar-refractivity contribution is 6.30. The Bertz CT molecular complexity index is 645. The van der Waals surface area contributed by atoms with Crippen molar-refractivity contribution in [1.82, 2.24) is 0 Å². The van der Waals surface area contributed by atoms with Crippen LogP contribution >= 0.6 is 11.6 Å². The van der Waals surface area contributed by atoms with E-state index < -0.39 is 17.3 Å². The minimum Gasteiger partial charge on any atom is -0.479 e. The van der Waals surface area contributed by atoms with Gasteiger partial charge in [0.25, 0.3) is 0 Å². The van der Waals surface area contributed by atoms with Crippen LogP contribution in [0.5, 0.6) is 0 Å². The summed E-state index contributed by atoms with van der Waals surface area (Å²) in [5.41, 5.74) is -0.860. The van der Waals surface area contributed by atoms with E-state index in [9.17, 15) is 14.3 Å². The predicted octanol–water partition coefficient (Wildman–Crippen LogP) is 4.28. The lowest BCUT2D eigenvalue weighted by molar-refractivity contribution is -0.143. The maximum absolute atomic E-state index is 14.1. The van der Waals surface area contributed by atoms with Crippen LogP contribution in [0.3, 0.4) is 0 Å². The van der Waals surface area contributed by atoms with E-state index in [-0.39, 0.29) is 12.0 Å². The van der Waals surface area contributed by atoms with E-state index in [4.69, 9.17) is 11.6 Å². The number of rotatable bonds is 5. The van der Waals surface area contributed by atoms with E-state index in [0.717, 1.165) is 0 Å². The zero-order chi connectivity index (χ0) is 15.5. The molecule has 0 amide bonds. The van der Waals surface area contributed by atoms with Gasteiger partial charge in [-0.1, -0.05) is 36.7 Å². The molecule has 0 aliphatic heterocycles. The second-order valence-electron chi connectivity index (χ2n) is 4.68. The second-order valence-corrected chi connectivity index (χ2v) is 5.11. The van der Waals surface area contributed by atoms with Crippen LogP contribution in [0.4, 0.5) is 10.1 Å². The number of nitrogens with one attached hydrogen (secondary N) is 1. The predicted molar refractivity (Wildman–Crippen MR) is 81.1 cm³/mol. The van der Waals surface area contributed by atoms with E-state index in [2.05, 4.69) is 5.32 Å². The van der Waals surface area contributed by atoms with Crippen molar-refractivity contribution >= 4 is 23.3 Å². The van der Waals surface area contributed by atoms with Gasteiger partial charge in [-0.3, -0.25) is 0 Å². The van der Waals surface area contributed by atoms with E-state index in [1.807, 2.05) is 0 Å². The van der Waals surface area contributed by atoms with Gasteiger partial charge in [0.2, 0.25) is 0 Å². The van der Waals surface area contributed by atoms with Crippen LogP contribution in [0.25, 0.3) is 0 Å². The van der Waals surface area contributed by atoms with Gasteiger partial charge in [0.1, 0.15) is 5.82 Å². The Hall–Kier alpha value is -2.07. The molecule has 0 aliphatic rings. The van der Waals surface area contributed by atoms with Crippen LogP contribution in [0.2, 0.25) is 5.02 Å². The lowest BCUT2D eigenvalue weighted by Gasteiger charge is -2.31. The molecular weight excluding hydrogens is 293 g/mol. The van der Waals surface area contributed by atoms with Crippen molar-refractivity contribution in [2.75, 3.05) is 5.32 Å². The third-order valence-corrected chi connectivity index (χ3v) is 3.68. The first-order valence-corrected chi connectivity index (χ1v) is 6.89. The average Bonchev–Trinajstić information content (AvgIpc) is 2.47. The molecule has 0 aromatic heterocycles. The third kappa shape index (κ3) is 3.00. The van der Waals surface area contributed by atoms with Gasteiger partial charge < -0.3 is 10.4 Å². The highest BCUT2D eigenvalue weighted by Gasteiger charge is 2.40. The molecule has 0 spiro atoms. The number of carbonyl (C=O) groups is 1. The molecule has 0 saturated carbocycles. The molecule has 2 N–H and O–H groups in total. The largest absolute Gasteiger partial charge is 0.479 e. The summed E-state index contributed by atoms with van der Waals surface area (Å²) in [5.74, 6) is -1.69. The lowest BCUT2D eigenvalue weighted by atomic mass is 9.86. The topological polar surface area (TPSA) is 49.3 Å². The summed E-state index contributed by atoms with van der Waals surface area (Å²) in [7, 11) is 0. The maximum atomic E-state index is 14.1. The highest BCUT2D eigenvalue weighted by Crippen LogP contribution is 2.32. The molecule has 110 valence electrons. The van der Waals surface area contributed by atoms with Crippen LogP contribution < -0.4 is 5.32 Å².